The summed E-state index contributed by atoms with van der Waals surface area (Å²) in [7, 11) is 0. The van der Waals surface area contributed by atoms with E-state index in [1.54, 1.807) is 12.1 Å². The molecule has 1 heterocycles. The first kappa shape index (κ1) is 20.4. The Hall–Kier alpha value is -3.86. The van der Waals surface area contributed by atoms with E-state index in [4.69, 9.17) is 4.74 Å². The van der Waals surface area contributed by atoms with E-state index in [0.717, 1.165) is 11.3 Å². The average Bonchev–Trinajstić information content (AvgIpc) is 2.99. The van der Waals surface area contributed by atoms with Crippen LogP contribution in [0.3, 0.4) is 0 Å². The lowest BCUT2D eigenvalue weighted by Gasteiger charge is -2.15. The van der Waals surface area contributed by atoms with Gasteiger partial charge in [0.25, 0.3) is 11.8 Å². The highest BCUT2D eigenvalue weighted by Crippen LogP contribution is 2.34. The van der Waals surface area contributed by atoms with Crippen LogP contribution in [0.5, 0.6) is 5.75 Å². The van der Waals surface area contributed by atoms with Crippen LogP contribution in [0, 0.1) is 6.92 Å². The van der Waals surface area contributed by atoms with E-state index in [1.807, 2.05) is 87.5 Å². The number of rotatable bonds is 6. The van der Waals surface area contributed by atoms with Gasteiger partial charge in [-0.25, -0.2) is 4.90 Å². The van der Waals surface area contributed by atoms with Gasteiger partial charge in [0.05, 0.1) is 17.4 Å². The smallest absolute Gasteiger partial charge is 0.282 e. The second-order valence-electron chi connectivity index (χ2n) is 7.71. The minimum absolute atomic E-state index is 0.0482. The van der Waals surface area contributed by atoms with Gasteiger partial charge in [0.2, 0.25) is 0 Å². The molecule has 3 aromatic carbocycles. The quantitative estimate of drug-likeness (QED) is 0.567. The molecule has 156 valence electrons. The van der Waals surface area contributed by atoms with Crippen molar-refractivity contribution in [1.82, 2.24) is 0 Å². The predicted molar refractivity (Wildman–Crippen MR) is 123 cm³/mol. The number of carbonyl (C=O) groups is 2. The van der Waals surface area contributed by atoms with Gasteiger partial charge in [-0.1, -0.05) is 48.0 Å². The lowest BCUT2D eigenvalue weighted by Crippen LogP contribution is -2.32. The van der Waals surface area contributed by atoms with E-state index in [0.29, 0.717) is 22.6 Å². The minimum atomic E-state index is -0.379. The third-order valence-electron chi connectivity index (χ3n) is 4.93. The molecule has 0 bridgehead atoms. The Morgan fingerprint density at radius 1 is 0.806 bits per heavy atom. The molecule has 0 saturated carbocycles. The molecule has 4 rings (SSSR count). The van der Waals surface area contributed by atoms with E-state index < -0.39 is 0 Å². The number of para-hydroxylation sites is 1. The van der Waals surface area contributed by atoms with Crippen molar-refractivity contribution in [2.45, 2.75) is 26.9 Å². The number of imide groups is 1. The fraction of sp³-hybridized carbons (Fsp3) is 0.154. The number of anilines is 2. The molecular formula is C26H24N2O3. The molecule has 0 fully saturated rings. The van der Waals surface area contributed by atoms with Crippen molar-refractivity contribution in [1.29, 1.82) is 0 Å². The fourth-order valence-electron chi connectivity index (χ4n) is 3.48. The molecule has 5 nitrogen and oxygen atoms in total. The third-order valence-corrected chi connectivity index (χ3v) is 4.93. The largest absolute Gasteiger partial charge is 0.491 e. The predicted octanol–water partition coefficient (Wildman–Crippen LogP) is 5.18. The lowest BCUT2D eigenvalue weighted by molar-refractivity contribution is -0.120. The van der Waals surface area contributed by atoms with Crippen molar-refractivity contribution in [3.63, 3.8) is 0 Å². The number of aryl methyl sites for hydroxylation is 1. The molecule has 0 aliphatic carbocycles. The number of hydrogen-bond acceptors (Lipinski definition) is 4. The molecule has 0 radical (unpaired) electrons. The first-order chi connectivity index (χ1) is 14.9. The van der Waals surface area contributed by atoms with Crippen LogP contribution in [0.1, 0.15) is 25.0 Å². The maximum atomic E-state index is 13.4. The number of benzene rings is 3. The van der Waals surface area contributed by atoms with Gasteiger partial charge in [-0.2, -0.15) is 0 Å². The third kappa shape index (κ3) is 4.21. The van der Waals surface area contributed by atoms with Crippen LogP contribution in [-0.2, 0) is 9.59 Å². The van der Waals surface area contributed by atoms with Gasteiger partial charge in [0.1, 0.15) is 11.4 Å². The number of nitrogens with zero attached hydrogens (tertiary/aromatic N) is 1. The highest BCUT2D eigenvalue weighted by molar-refractivity contribution is 6.46. The summed E-state index contributed by atoms with van der Waals surface area (Å²) in [5.74, 6) is -0.0240. The molecule has 5 heteroatoms. The van der Waals surface area contributed by atoms with Crippen LogP contribution >= 0.6 is 0 Å². The summed E-state index contributed by atoms with van der Waals surface area (Å²) >= 11 is 0. The Kier molecular flexibility index (Phi) is 5.58. The van der Waals surface area contributed by atoms with Crippen LogP contribution in [0.2, 0.25) is 0 Å². The normalized spacial score (nSPS) is 13.9. The summed E-state index contributed by atoms with van der Waals surface area (Å²) < 4.78 is 5.71. The Morgan fingerprint density at radius 3 is 2.06 bits per heavy atom. The molecule has 1 aliphatic rings. The maximum absolute atomic E-state index is 13.4. The molecule has 0 saturated heterocycles. The summed E-state index contributed by atoms with van der Waals surface area (Å²) in [6.07, 6.45) is 0.0482. The average molecular weight is 412 g/mol. The fourth-order valence-corrected chi connectivity index (χ4v) is 3.48. The van der Waals surface area contributed by atoms with Crippen LogP contribution in [0.4, 0.5) is 11.4 Å². The monoisotopic (exact) mass is 412 g/mol. The van der Waals surface area contributed by atoms with E-state index in [9.17, 15) is 9.59 Å². The van der Waals surface area contributed by atoms with Gasteiger partial charge in [0.15, 0.2) is 0 Å². The highest BCUT2D eigenvalue weighted by Gasteiger charge is 2.40. The van der Waals surface area contributed by atoms with Crippen LogP contribution in [0.25, 0.3) is 5.57 Å². The van der Waals surface area contributed by atoms with Gasteiger partial charge in [-0.15, -0.1) is 0 Å². The van der Waals surface area contributed by atoms with Gasteiger partial charge in [-0.3, -0.25) is 9.59 Å². The Balaban J connectivity index is 1.76. The number of amides is 2. The number of nitrogens with one attached hydrogen (secondary N) is 1. The molecule has 31 heavy (non-hydrogen) atoms. The second-order valence-corrected chi connectivity index (χ2v) is 7.71. The standard InChI is InChI=1S/C26H24N2O3/c1-17(2)31-22-15-11-19(12-16-22)23-24(27-20-7-5-4-6-8-20)26(30)28(25(23)29)21-13-9-18(3)10-14-21/h4-17,27H,1-3H3. The summed E-state index contributed by atoms with van der Waals surface area (Å²) in [6, 6.07) is 23.9. The Labute approximate surface area is 182 Å². The van der Waals surface area contributed by atoms with Crippen molar-refractivity contribution >= 4 is 28.8 Å². The maximum Gasteiger partial charge on any atom is 0.282 e. The Morgan fingerprint density at radius 2 is 1.45 bits per heavy atom. The Bertz CT molecular complexity index is 1130. The molecule has 0 aromatic heterocycles. The van der Waals surface area contributed by atoms with Crippen molar-refractivity contribution in [2.24, 2.45) is 0 Å². The van der Waals surface area contributed by atoms with E-state index in [2.05, 4.69) is 5.32 Å². The van der Waals surface area contributed by atoms with Crippen LogP contribution in [-0.4, -0.2) is 17.9 Å². The number of carbonyl (C=O) groups excluding carboxylic acids is 2. The van der Waals surface area contributed by atoms with Gasteiger partial charge >= 0.3 is 0 Å². The molecule has 1 N–H and O–H groups in total. The SMILES string of the molecule is Cc1ccc(N2C(=O)C(Nc3ccccc3)=C(c3ccc(OC(C)C)cc3)C2=O)cc1. The lowest BCUT2D eigenvalue weighted by atomic mass is 10.0. The molecule has 2 amide bonds. The van der Waals surface area contributed by atoms with Crippen molar-refractivity contribution in [2.75, 3.05) is 10.2 Å². The summed E-state index contributed by atoms with van der Waals surface area (Å²) in [5.41, 5.74) is 3.59. The zero-order chi connectivity index (χ0) is 22.0. The molecule has 0 atom stereocenters. The molecule has 0 unspecified atom stereocenters. The first-order valence-corrected chi connectivity index (χ1v) is 10.2. The molecule has 0 spiro atoms. The van der Waals surface area contributed by atoms with Crippen LogP contribution < -0.4 is 15.0 Å². The molecular weight excluding hydrogens is 388 g/mol. The zero-order valence-electron chi connectivity index (χ0n) is 17.8. The molecule has 1 aliphatic heterocycles. The van der Waals surface area contributed by atoms with Crippen molar-refractivity contribution in [3.05, 3.63) is 95.7 Å². The van der Waals surface area contributed by atoms with E-state index in [-0.39, 0.29) is 23.6 Å². The summed E-state index contributed by atoms with van der Waals surface area (Å²) in [4.78, 5) is 28.0. The molecule has 3 aromatic rings. The zero-order valence-corrected chi connectivity index (χ0v) is 17.8. The minimum Gasteiger partial charge on any atom is -0.491 e. The van der Waals surface area contributed by atoms with E-state index >= 15 is 0 Å². The second kappa shape index (κ2) is 8.48. The van der Waals surface area contributed by atoms with Gasteiger partial charge in [-0.05, 0) is 62.7 Å². The van der Waals surface area contributed by atoms with Crippen LogP contribution in [0.15, 0.2) is 84.6 Å². The van der Waals surface area contributed by atoms with Crippen molar-refractivity contribution in [3.8, 4) is 5.75 Å². The highest BCUT2D eigenvalue weighted by atomic mass is 16.5. The summed E-state index contributed by atoms with van der Waals surface area (Å²) in [5, 5.41) is 3.16. The van der Waals surface area contributed by atoms with E-state index in [1.165, 1.54) is 4.90 Å². The van der Waals surface area contributed by atoms with Crippen molar-refractivity contribution < 1.29 is 14.3 Å². The van der Waals surface area contributed by atoms with Gasteiger partial charge in [0, 0.05) is 5.69 Å². The van der Waals surface area contributed by atoms with Gasteiger partial charge < -0.3 is 10.1 Å². The topological polar surface area (TPSA) is 58.6 Å². The number of ether oxygens (including phenoxy) is 1. The number of hydrogen-bond donors (Lipinski definition) is 1. The first-order valence-electron chi connectivity index (χ1n) is 10.2. The summed E-state index contributed by atoms with van der Waals surface area (Å²) in [6.45, 7) is 5.87.